The molecule has 0 atom stereocenters. The summed E-state index contributed by atoms with van der Waals surface area (Å²) in [6.07, 6.45) is -0.607. The molecule has 0 aliphatic carbocycles. The van der Waals surface area contributed by atoms with E-state index in [4.69, 9.17) is 4.74 Å². The minimum atomic E-state index is -4.07. The number of aliphatic hydroxyl groups is 1. The van der Waals surface area contributed by atoms with Crippen molar-refractivity contribution in [2.45, 2.75) is 51.2 Å². The molecule has 0 bridgehead atoms. The molecule has 2 aromatic rings. The molecule has 0 aromatic heterocycles. The molecule has 1 amide bonds. The van der Waals surface area contributed by atoms with Crippen LogP contribution >= 0.6 is 0 Å². The summed E-state index contributed by atoms with van der Waals surface area (Å²) in [6, 6.07) is 13.5. The maximum atomic E-state index is 13.1. The molecular formula is C21H27NO5S. The number of ether oxygens (including phenoxy) is 1. The normalized spacial score (nSPS) is 11.9. The van der Waals surface area contributed by atoms with Gasteiger partial charge in [0.1, 0.15) is 5.60 Å². The quantitative estimate of drug-likeness (QED) is 0.793. The van der Waals surface area contributed by atoms with Crippen molar-refractivity contribution in [3.05, 3.63) is 65.2 Å². The molecule has 0 heterocycles. The standard InChI is InChI=1S/C21H27NO5S/c1-16-8-10-19(11-9-16)28(25,26)22(20(24)27-21(2,3)4)13-12-17-6-5-7-18(14-17)15-23/h5-11,14,23H,12-13,15H2,1-4H3. The van der Waals surface area contributed by atoms with Crippen molar-refractivity contribution >= 4 is 16.1 Å². The number of hydrogen-bond acceptors (Lipinski definition) is 5. The average Bonchev–Trinajstić information content (AvgIpc) is 2.60. The molecular weight excluding hydrogens is 378 g/mol. The van der Waals surface area contributed by atoms with E-state index < -0.39 is 21.7 Å². The second-order valence-corrected chi connectivity index (χ2v) is 9.46. The van der Waals surface area contributed by atoms with Crippen molar-refractivity contribution in [2.24, 2.45) is 0 Å². The first-order valence-corrected chi connectivity index (χ1v) is 10.5. The maximum absolute atomic E-state index is 13.1. The van der Waals surface area contributed by atoms with Gasteiger partial charge in [0.05, 0.1) is 11.5 Å². The molecule has 2 aromatic carbocycles. The predicted octanol–water partition coefficient (Wildman–Crippen LogP) is 3.66. The molecule has 0 aliphatic heterocycles. The van der Waals surface area contributed by atoms with Crippen LogP contribution in [0, 0.1) is 6.92 Å². The van der Waals surface area contributed by atoms with Gasteiger partial charge >= 0.3 is 6.09 Å². The van der Waals surface area contributed by atoms with Gasteiger partial charge in [-0.15, -0.1) is 0 Å². The highest BCUT2D eigenvalue weighted by Gasteiger charge is 2.32. The summed E-state index contributed by atoms with van der Waals surface area (Å²) in [5, 5.41) is 9.28. The highest BCUT2D eigenvalue weighted by atomic mass is 32.2. The number of carbonyl (C=O) groups excluding carboxylic acids is 1. The second kappa shape index (κ2) is 8.75. The SMILES string of the molecule is Cc1ccc(S(=O)(=O)N(CCc2cccc(CO)c2)C(=O)OC(C)(C)C)cc1. The van der Waals surface area contributed by atoms with Gasteiger partial charge in [-0.2, -0.15) is 0 Å². The van der Waals surface area contributed by atoms with E-state index in [9.17, 15) is 18.3 Å². The number of nitrogens with zero attached hydrogens (tertiary/aromatic N) is 1. The van der Waals surface area contributed by atoms with Gasteiger partial charge in [-0.25, -0.2) is 17.5 Å². The molecule has 2 rings (SSSR count). The fourth-order valence-electron chi connectivity index (χ4n) is 2.57. The Bertz CT molecular complexity index is 915. The third-order valence-electron chi connectivity index (χ3n) is 3.98. The van der Waals surface area contributed by atoms with Crippen LogP contribution in [0.5, 0.6) is 0 Å². The fraction of sp³-hybridized carbons (Fsp3) is 0.381. The van der Waals surface area contributed by atoms with Gasteiger partial charge in [-0.05, 0) is 57.4 Å². The van der Waals surface area contributed by atoms with Gasteiger partial charge in [0.2, 0.25) is 0 Å². The van der Waals surface area contributed by atoms with Crippen LogP contribution in [0.1, 0.15) is 37.5 Å². The van der Waals surface area contributed by atoms with Crippen molar-refractivity contribution in [1.29, 1.82) is 0 Å². The summed E-state index contributed by atoms with van der Waals surface area (Å²) in [4.78, 5) is 12.7. The minimum Gasteiger partial charge on any atom is -0.443 e. The number of hydrogen-bond donors (Lipinski definition) is 1. The zero-order valence-electron chi connectivity index (χ0n) is 16.7. The van der Waals surface area contributed by atoms with Gasteiger partial charge in [-0.1, -0.05) is 42.0 Å². The molecule has 28 heavy (non-hydrogen) atoms. The van der Waals surface area contributed by atoms with E-state index >= 15 is 0 Å². The van der Waals surface area contributed by atoms with Crippen molar-refractivity contribution in [1.82, 2.24) is 4.31 Å². The van der Waals surface area contributed by atoms with E-state index in [0.29, 0.717) is 6.42 Å². The maximum Gasteiger partial charge on any atom is 0.424 e. The van der Waals surface area contributed by atoms with Gasteiger partial charge in [0, 0.05) is 6.54 Å². The van der Waals surface area contributed by atoms with Crippen LogP contribution < -0.4 is 0 Å². The van der Waals surface area contributed by atoms with Crippen LogP contribution in [0.4, 0.5) is 4.79 Å². The second-order valence-electron chi connectivity index (χ2n) is 7.60. The number of benzene rings is 2. The average molecular weight is 406 g/mol. The lowest BCUT2D eigenvalue weighted by Gasteiger charge is -2.27. The number of aryl methyl sites for hydroxylation is 1. The summed E-state index contributed by atoms with van der Waals surface area (Å²) in [5.74, 6) is 0. The Balaban J connectivity index is 2.33. The molecule has 0 spiro atoms. The molecule has 0 aliphatic rings. The number of rotatable bonds is 6. The highest BCUT2D eigenvalue weighted by Crippen LogP contribution is 2.21. The zero-order valence-corrected chi connectivity index (χ0v) is 17.5. The van der Waals surface area contributed by atoms with Crippen LogP contribution in [-0.4, -0.2) is 36.1 Å². The first-order chi connectivity index (χ1) is 13.0. The van der Waals surface area contributed by atoms with Gasteiger partial charge in [0.15, 0.2) is 0 Å². The Kier molecular flexibility index (Phi) is 6.85. The van der Waals surface area contributed by atoms with Crippen LogP contribution in [0.2, 0.25) is 0 Å². The summed E-state index contributed by atoms with van der Waals surface area (Å²) in [5.41, 5.74) is 1.64. The van der Waals surface area contributed by atoms with E-state index in [2.05, 4.69) is 0 Å². The summed E-state index contributed by atoms with van der Waals surface area (Å²) >= 11 is 0. The predicted molar refractivity (Wildman–Crippen MR) is 107 cm³/mol. The molecule has 0 fully saturated rings. The largest absolute Gasteiger partial charge is 0.443 e. The monoisotopic (exact) mass is 405 g/mol. The minimum absolute atomic E-state index is 0.0352. The number of carbonyl (C=O) groups is 1. The molecule has 0 unspecified atom stereocenters. The van der Waals surface area contributed by atoms with E-state index in [1.54, 1.807) is 51.1 Å². The van der Waals surface area contributed by atoms with Crippen molar-refractivity contribution in [2.75, 3.05) is 6.54 Å². The molecule has 0 saturated carbocycles. The Morgan fingerprint density at radius 1 is 1.07 bits per heavy atom. The number of amides is 1. The van der Waals surface area contributed by atoms with E-state index in [0.717, 1.165) is 21.0 Å². The number of sulfonamides is 1. The van der Waals surface area contributed by atoms with E-state index in [1.165, 1.54) is 12.1 Å². The smallest absolute Gasteiger partial charge is 0.424 e. The Morgan fingerprint density at radius 2 is 1.68 bits per heavy atom. The van der Waals surface area contributed by atoms with Crippen LogP contribution in [0.25, 0.3) is 0 Å². The molecule has 7 heteroatoms. The summed E-state index contributed by atoms with van der Waals surface area (Å²) in [7, 11) is -4.07. The zero-order chi connectivity index (χ0) is 20.9. The highest BCUT2D eigenvalue weighted by molar-refractivity contribution is 7.89. The lowest BCUT2D eigenvalue weighted by Crippen LogP contribution is -2.42. The van der Waals surface area contributed by atoms with Crippen LogP contribution in [0.3, 0.4) is 0 Å². The number of aliphatic hydroxyl groups excluding tert-OH is 1. The Labute approximate surface area is 166 Å². The van der Waals surface area contributed by atoms with E-state index in [1.807, 2.05) is 13.0 Å². The molecule has 152 valence electrons. The molecule has 0 saturated heterocycles. The fourth-order valence-corrected chi connectivity index (χ4v) is 3.87. The van der Waals surface area contributed by atoms with Gasteiger partial charge in [-0.3, -0.25) is 0 Å². The molecule has 6 nitrogen and oxygen atoms in total. The lowest BCUT2D eigenvalue weighted by molar-refractivity contribution is 0.0392. The van der Waals surface area contributed by atoms with Crippen molar-refractivity contribution in [3.8, 4) is 0 Å². The third kappa shape index (κ3) is 5.81. The molecule has 1 N–H and O–H groups in total. The van der Waals surface area contributed by atoms with Crippen molar-refractivity contribution < 1.29 is 23.1 Å². The topological polar surface area (TPSA) is 83.9 Å². The molecule has 0 radical (unpaired) electrons. The van der Waals surface area contributed by atoms with Crippen LogP contribution in [-0.2, 0) is 27.8 Å². The first kappa shape index (κ1) is 21.9. The van der Waals surface area contributed by atoms with Crippen molar-refractivity contribution in [3.63, 3.8) is 0 Å². The summed E-state index contributed by atoms with van der Waals surface area (Å²) < 4.78 is 32.3. The van der Waals surface area contributed by atoms with Gasteiger partial charge < -0.3 is 9.84 Å². The lowest BCUT2D eigenvalue weighted by atomic mass is 10.1. The third-order valence-corrected chi connectivity index (χ3v) is 5.76. The first-order valence-electron chi connectivity index (χ1n) is 9.04. The summed E-state index contributed by atoms with van der Waals surface area (Å²) in [6.45, 7) is 6.74. The van der Waals surface area contributed by atoms with Crippen LogP contribution in [0.15, 0.2) is 53.4 Å². The Morgan fingerprint density at radius 3 is 2.25 bits per heavy atom. The van der Waals surface area contributed by atoms with Gasteiger partial charge in [0.25, 0.3) is 10.0 Å². The Hall–Kier alpha value is -2.38. The van der Waals surface area contributed by atoms with E-state index in [-0.39, 0.29) is 18.0 Å².